The Balaban J connectivity index is 0.986. The Morgan fingerprint density at radius 1 is 0.266 bits per heavy atom. The van der Waals surface area contributed by atoms with Crippen molar-refractivity contribution in [3.63, 3.8) is 0 Å². The van der Waals surface area contributed by atoms with Gasteiger partial charge in [0.25, 0.3) is 0 Å². The third-order valence-electron chi connectivity index (χ3n) is 13.3. The molecule has 0 aliphatic heterocycles. The number of hydrogen-bond donors (Lipinski definition) is 0. The second-order valence-corrected chi connectivity index (χ2v) is 16.8. The fourth-order valence-electron chi connectivity index (χ4n) is 10.4. The molecule has 0 aromatic heterocycles. The summed E-state index contributed by atoms with van der Waals surface area (Å²) in [5.41, 5.74) is 17.8. The first-order chi connectivity index (χ1) is 31.7. The Bertz CT molecular complexity index is 3470. The molecule has 0 bridgehead atoms. The minimum absolute atomic E-state index is 0.517. The molecular formula is C63H43N. The molecule has 0 heterocycles. The van der Waals surface area contributed by atoms with Gasteiger partial charge in [-0.15, -0.1) is 0 Å². The average molecular weight is 814 g/mol. The molecule has 0 spiro atoms. The maximum Gasteiger partial charge on any atom is 0.0713 e. The maximum absolute atomic E-state index is 2.46. The van der Waals surface area contributed by atoms with Gasteiger partial charge in [-0.25, -0.2) is 0 Å². The molecule has 1 aliphatic rings. The number of benzene rings is 11. The number of nitrogens with zero attached hydrogens (tertiary/aromatic N) is 1. The van der Waals surface area contributed by atoms with Crippen LogP contribution in [0.5, 0.6) is 0 Å². The Morgan fingerprint density at radius 2 is 0.750 bits per heavy atom. The second-order valence-electron chi connectivity index (χ2n) is 16.8. The highest BCUT2D eigenvalue weighted by atomic mass is 15.1. The van der Waals surface area contributed by atoms with Crippen molar-refractivity contribution in [2.24, 2.45) is 0 Å². The van der Waals surface area contributed by atoms with E-state index in [0.29, 0.717) is 0 Å². The number of rotatable bonds is 8. The van der Waals surface area contributed by atoms with Gasteiger partial charge in [0.15, 0.2) is 0 Å². The average Bonchev–Trinajstić information content (AvgIpc) is 3.68. The summed E-state index contributed by atoms with van der Waals surface area (Å²) < 4.78 is 0. The van der Waals surface area contributed by atoms with Crippen LogP contribution in [0.25, 0.3) is 66.1 Å². The van der Waals surface area contributed by atoms with Crippen LogP contribution >= 0.6 is 0 Å². The zero-order valence-electron chi connectivity index (χ0n) is 35.3. The van der Waals surface area contributed by atoms with Gasteiger partial charge in [-0.3, -0.25) is 0 Å². The van der Waals surface area contributed by atoms with E-state index in [1.165, 1.54) is 88.3 Å². The molecule has 0 fully saturated rings. The molecule has 1 unspecified atom stereocenters. The normalized spacial score (nSPS) is 14.0. The zero-order valence-corrected chi connectivity index (χ0v) is 35.3. The summed E-state index contributed by atoms with van der Waals surface area (Å²) in [5, 5.41) is 4.93. The molecule has 1 heteroatoms. The third kappa shape index (κ3) is 6.16. The summed E-state index contributed by atoms with van der Waals surface area (Å²) in [4.78, 5) is 2.40. The molecule has 12 rings (SSSR count). The number of anilines is 3. The van der Waals surface area contributed by atoms with E-state index in [9.17, 15) is 0 Å². The molecule has 64 heavy (non-hydrogen) atoms. The minimum Gasteiger partial charge on any atom is -0.310 e. The standard InChI is InChI=1S/C63H43N/c1-3-16-44(17-4-1)49-22-13-25-52(42-49)63(51-23-5-2-6-24-51)60-30-12-11-28-58(60)59-41-36-50(43-61(59)63)45-32-37-53(38-33-45)64(62-31-15-21-47-19-8-10-27-57(47)62)54-39-34-48(35-40-54)56-29-14-20-46-18-7-9-26-55(46)56/h1-43H. The van der Waals surface area contributed by atoms with E-state index >= 15 is 0 Å². The molecule has 0 saturated carbocycles. The first kappa shape index (κ1) is 37.5. The first-order valence-electron chi connectivity index (χ1n) is 22.2. The Hall–Kier alpha value is -8.26. The van der Waals surface area contributed by atoms with Crippen LogP contribution in [0.2, 0.25) is 0 Å². The van der Waals surface area contributed by atoms with Crippen molar-refractivity contribution in [2.45, 2.75) is 5.41 Å². The molecule has 11 aromatic carbocycles. The van der Waals surface area contributed by atoms with Gasteiger partial charge in [-0.1, -0.05) is 218 Å². The number of fused-ring (bicyclic) bond motifs is 5. The van der Waals surface area contributed by atoms with Crippen LogP contribution < -0.4 is 4.90 Å². The molecule has 11 aromatic rings. The van der Waals surface area contributed by atoms with Crippen LogP contribution in [-0.4, -0.2) is 0 Å². The van der Waals surface area contributed by atoms with Crippen molar-refractivity contribution in [2.75, 3.05) is 4.90 Å². The van der Waals surface area contributed by atoms with Crippen molar-refractivity contribution >= 4 is 38.6 Å². The summed E-state index contributed by atoms with van der Waals surface area (Å²) >= 11 is 0. The van der Waals surface area contributed by atoms with E-state index in [0.717, 1.165) is 17.1 Å². The molecule has 1 atom stereocenters. The minimum atomic E-state index is -0.517. The van der Waals surface area contributed by atoms with E-state index in [2.05, 4.69) is 266 Å². The van der Waals surface area contributed by atoms with Gasteiger partial charge in [0.1, 0.15) is 0 Å². The van der Waals surface area contributed by atoms with Crippen LogP contribution in [0.4, 0.5) is 17.1 Å². The van der Waals surface area contributed by atoms with Crippen molar-refractivity contribution in [3.8, 4) is 44.5 Å². The van der Waals surface area contributed by atoms with Gasteiger partial charge in [0.2, 0.25) is 0 Å². The van der Waals surface area contributed by atoms with Gasteiger partial charge >= 0.3 is 0 Å². The lowest BCUT2D eigenvalue weighted by Crippen LogP contribution is -2.28. The van der Waals surface area contributed by atoms with Crippen molar-refractivity contribution < 1.29 is 0 Å². The number of hydrogen-bond acceptors (Lipinski definition) is 1. The van der Waals surface area contributed by atoms with E-state index in [1.54, 1.807) is 0 Å². The van der Waals surface area contributed by atoms with Crippen LogP contribution in [0.3, 0.4) is 0 Å². The van der Waals surface area contributed by atoms with E-state index in [1.807, 2.05) is 0 Å². The lowest BCUT2D eigenvalue weighted by molar-refractivity contribution is 0.769. The first-order valence-corrected chi connectivity index (χ1v) is 22.2. The van der Waals surface area contributed by atoms with Crippen molar-refractivity contribution in [1.82, 2.24) is 0 Å². The molecule has 0 radical (unpaired) electrons. The topological polar surface area (TPSA) is 3.24 Å². The van der Waals surface area contributed by atoms with Gasteiger partial charge in [-0.05, 0) is 125 Å². The van der Waals surface area contributed by atoms with Gasteiger partial charge in [0.05, 0.1) is 11.1 Å². The molecule has 1 nitrogen and oxygen atoms in total. The van der Waals surface area contributed by atoms with Crippen LogP contribution in [0.1, 0.15) is 22.3 Å². The molecule has 0 saturated heterocycles. The van der Waals surface area contributed by atoms with E-state index < -0.39 is 5.41 Å². The summed E-state index contributed by atoms with van der Waals surface area (Å²) in [6.45, 7) is 0. The maximum atomic E-state index is 2.46. The molecule has 1 aliphatic carbocycles. The predicted molar refractivity (Wildman–Crippen MR) is 270 cm³/mol. The monoisotopic (exact) mass is 813 g/mol. The smallest absolute Gasteiger partial charge is 0.0713 e. The quantitative estimate of drug-likeness (QED) is 0.148. The highest BCUT2D eigenvalue weighted by Gasteiger charge is 2.46. The third-order valence-corrected chi connectivity index (χ3v) is 13.3. The van der Waals surface area contributed by atoms with Crippen molar-refractivity contribution in [3.05, 3.63) is 283 Å². The largest absolute Gasteiger partial charge is 0.310 e. The van der Waals surface area contributed by atoms with Crippen LogP contribution in [-0.2, 0) is 5.41 Å². The van der Waals surface area contributed by atoms with Gasteiger partial charge in [-0.2, -0.15) is 0 Å². The van der Waals surface area contributed by atoms with E-state index in [-0.39, 0.29) is 0 Å². The van der Waals surface area contributed by atoms with E-state index in [4.69, 9.17) is 0 Å². The second kappa shape index (κ2) is 15.6. The SMILES string of the molecule is c1ccc(-c2cccc(C3(c4ccccc4)c4ccccc4-c4ccc(-c5ccc(N(c6ccc(-c7cccc8ccccc78)cc6)c6cccc7ccccc67)cc5)cc43)c2)cc1. The lowest BCUT2D eigenvalue weighted by atomic mass is 9.67. The molecule has 0 N–H and O–H groups in total. The summed E-state index contributed by atoms with van der Waals surface area (Å²) in [6.07, 6.45) is 0. The molecular weight excluding hydrogens is 771 g/mol. The summed E-state index contributed by atoms with van der Waals surface area (Å²) in [7, 11) is 0. The zero-order chi connectivity index (χ0) is 42.5. The Morgan fingerprint density at radius 3 is 1.52 bits per heavy atom. The molecule has 0 amide bonds. The lowest BCUT2D eigenvalue weighted by Gasteiger charge is -2.34. The Labute approximate surface area is 374 Å². The van der Waals surface area contributed by atoms with Gasteiger partial charge < -0.3 is 4.90 Å². The summed E-state index contributed by atoms with van der Waals surface area (Å²) in [5.74, 6) is 0. The highest BCUT2D eigenvalue weighted by Crippen LogP contribution is 2.57. The fraction of sp³-hybridized carbons (Fsp3) is 0.0159. The highest BCUT2D eigenvalue weighted by molar-refractivity contribution is 6.00. The van der Waals surface area contributed by atoms with Crippen LogP contribution in [0, 0.1) is 0 Å². The summed E-state index contributed by atoms with van der Waals surface area (Å²) in [6, 6.07) is 95.8. The fourth-order valence-corrected chi connectivity index (χ4v) is 10.4. The van der Waals surface area contributed by atoms with Crippen molar-refractivity contribution in [1.29, 1.82) is 0 Å². The van der Waals surface area contributed by atoms with Gasteiger partial charge in [0, 0.05) is 16.8 Å². The molecule has 300 valence electrons. The Kier molecular flexibility index (Phi) is 9.13. The van der Waals surface area contributed by atoms with Crippen LogP contribution in [0.15, 0.2) is 261 Å². The predicted octanol–water partition coefficient (Wildman–Crippen LogP) is 16.8.